The number of carbonyl (C=O) groups excluding carboxylic acids is 1. The molecule has 5 heterocycles. The molecule has 1 aromatic carbocycles. The first-order chi connectivity index (χ1) is 20.4. The zero-order valence-corrected chi connectivity index (χ0v) is 24.0. The number of carbonyl (C=O) groups is 1. The molecule has 218 valence electrons. The Hall–Kier alpha value is -4.13. The van der Waals surface area contributed by atoms with Gasteiger partial charge in [0.05, 0.1) is 23.8 Å². The molecule has 6 rings (SSSR count). The van der Waals surface area contributed by atoms with Crippen LogP contribution in [0.2, 0.25) is 0 Å². The van der Waals surface area contributed by atoms with E-state index in [0.717, 1.165) is 65.1 Å². The maximum atomic E-state index is 13.0. The van der Waals surface area contributed by atoms with Crippen molar-refractivity contribution in [1.29, 1.82) is 0 Å². The van der Waals surface area contributed by atoms with Crippen LogP contribution < -0.4 is 10.2 Å². The summed E-state index contributed by atoms with van der Waals surface area (Å²) in [4.78, 5) is 33.9. The van der Waals surface area contributed by atoms with Gasteiger partial charge in [-0.2, -0.15) is 0 Å². The molecule has 2 N–H and O–H groups in total. The van der Waals surface area contributed by atoms with Gasteiger partial charge < -0.3 is 19.9 Å². The molecule has 2 fully saturated rings. The number of hydrogen-bond donors (Lipinski definition) is 2. The van der Waals surface area contributed by atoms with E-state index in [2.05, 4.69) is 47.7 Å². The smallest absolute Gasteiger partial charge is 0.274 e. The first-order valence-electron chi connectivity index (χ1n) is 14.0. The van der Waals surface area contributed by atoms with Gasteiger partial charge in [-0.05, 0) is 60.8 Å². The average molecular weight is 588 g/mol. The normalized spacial score (nSPS) is 18.2. The standard InChI is InChI=1S/C30H33N7O4S/c1-2-42(39,40)24-4-3-11-36(19-24)18-21-9-10-31-27(16-21)30(38)34-23-7-5-22(6-8-23)26-17-25-28(35-26)32-20-33-29(25)37-12-14-41-15-13-37/h2,5-10,16-17,20,24H,1,3-4,11-15,18-19H2,(H,34,38)(H,32,33,35)/t24-/m1/s1. The maximum absolute atomic E-state index is 13.0. The summed E-state index contributed by atoms with van der Waals surface area (Å²) in [5.41, 5.74) is 4.49. The van der Waals surface area contributed by atoms with Gasteiger partial charge in [-0.25, -0.2) is 18.4 Å². The van der Waals surface area contributed by atoms with Gasteiger partial charge in [0, 0.05) is 49.2 Å². The molecule has 0 unspecified atom stereocenters. The lowest BCUT2D eigenvalue weighted by Gasteiger charge is -2.31. The number of nitrogens with one attached hydrogen (secondary N) is 2. The fraction of sp³-hybridized carbons (Fsp3) is 0.333. The lowest BCUT2D eigenvalue weighted by atomic mass is 10.1. The number of morpholine rings is 1. The minimum absolute atomic E-state index is 0.300. The first kappa shape index (κ1) is 28.0. The third-order valence-corrected chi connectivity index (χ3v) is 9.57. The predicted molar refractivity (Wildman–Crippen MR) is 162 cm³/mol. The molecule has 0 radical (unpaired) electrons. The molecule has 3 aromatic heterocycles. The second-order valence-corrected chi connectivity index (χ2v) is 12.8. The monoisotopic (exact) mass is 587 g/mol. The second kappa shape index (κ2) is 12.0. The number of aromatic nitrogens is 4. The summed E-state index contributed by atoms with van der Waals surface area (Å²) < 4.78 is 30.0. The van der Waals surface area contributed by atoms with Gasteiger partial charge >= 0.3 is 0 Å². The Balaban J connectivity index is 1.12. The van der Waals surface area contributed by atoms with Crippen LogP contribution in [0.5, 0.6) is 0 Å². The van der Waals surface area contributed by atoms with Crippen LogP contribution in [0.4, 0.5) is 11.5 Å². The Morgan fingerprint density at radius 3 is 2.69 bits per heavy atom. The fourth-order valence-electron chi connectivity index (χ4n) is 5.55. The van der Waals surface area contributed by atoms with E-state index in [1.807, 2.05) is 30.3 Å². The van der Waals surface area contributed by atoms with E-state index in [9.17, 15) is 13.2 Å². The molecule has 1 atom stereocenters. The molecule has 11 nitrogen and oxygen atoms in total. The minimum Gasteiger partial charge on any atom is -0.378 e. The number of benzene rings is 1. The van der Waals surface area contributed by atoms with Gasteiger partial charge in [-0.1, -0.05) is 18.7 Å². The number of aromatic amines is 1. The van der Waals surface area contributed by atoms with Crippen molar-refractivity contribution in [3.05, 3.63) is 78.2 Å². The molecule has 4 aromatic rings. The van der Waals surface area contributed by atoms with Crippen LogP contribution in [-0.2, 0) is 21.1 Å². The molecule has 1 amide bonds. The molecule has 0 aliphatic carbocycles. The van der Waals surface area contributed by atoms with Gasteiger partial charge in [-0.15, -0.1) is 0 Å². The average Bonchev–Trinajstić information content (AvgIpc) is 3.47. The van der Waals surface area contributed by atoms with Crippen molar-refractivity contribution in [3.63, 3.8) is 0 Å². The summed E-state index contributed by atoms with van der Waals surface area (Å²) in [5, 5.41) is 4.49. The summed E-state index contributed by atoms with van der Waals surface area (Å²) in [6.45, 7) is 8.19. The molecule has 2 aliphatic rings. The van der Waals surface area contributed by atoms with Gasteiger partial charge in [0.1, 0.15) is 23.5 Å². The predicted octanol–water partition coefficient (Wildman–Crippen LogP) is 3.63. The highest BCUT2D eigenvalue weighted by molar-refractivity contribution is 7.94. The van der Waals surface area contributed by atoms with E-state index < -0.39 is 15.1 Å². The molecule has 42 heavy (non-hydrogen) atoms. The number of pyridine rings is 1. The first-order valence-corrected chi connectivity index (χ1v) is 15.6. The zero-order chi connectivity index (χ0) is 29.1. The van der Waals surface area contributed by atoms with Crippen LogP contribution in [0.25, 0.3) is 22.3 Å². The van der Waals surface area contributed by atoms with E-state index >= 15 is 0 Å². The second-order valence-electron chi connectivity index (χ2n) is 10.6. The lowest BCUT2D eigenvalue weighted by molar-refractivity contribution is 0.102. The van der Waals surface area contributed by atoms with E-state index in [4.69, 9.17) is 4.74 Å². The number of H-pyrrole nitrogens is 1. The van der Waals surface area contributed by atoms with Crippen molar-refractivity contribution in [1.82, 2.24) is 24.8 Å². The lowest BCUT2D eigenvalue weighted by Crippen LogP contribution is -2.41. The molecular formula is C30H33N7O4S. The highest BCUT2D eigenvalue weighted by Crippen LogP contribution is 2.30. The number of ether oxygens (including phenoxy) is 1. The number of rotatable bonds is 8. The number of amides is 1. The number of sulfone groups is 1. The van der Waals surface area contributed by atoms with Gasteiger partial charge in [0.25, 0.3) is 5.91 Å². The number of anilines is 2. The van der Waals surface area contributed by atoms with Gasteiger partial charge in [0.2, 0.25) is 0 Å². The minimum atomic E-state index is -3.31. The number of piperidine rings is 1. The third-order valence-electron chi connectivity index (χ3n) is 7.79. The Bertz CT molecular complexity index is 1700. The fourth-order valence-corrected chi connectivity index (χ4v) is 6.74. The van der Waals surface area contributed by atoms with Gasteiger partial charge in [0.15, 0.2) is 9.84 Å². The van der Waals surface area contributed by atoms with Crippen molar-refractivity contribution in [2.75, 3.05) is 49.6 Å². The summed E-state index contributed by atoms with van der Waals surface area (Å²) in [6.07, 6.45) is 4.62. The largest absolute Gasteiger partial charge is 0.378 e. The summed E-state index contributed by atoms with van der Waals surface area (Å²) >= 11 is 0. The summed E-state index contributed by atoms with van der Waals surface area (Å²) in [5.74, 6) is 0.581. The molecular weight excluding hydrogens is 554 g/mol. The quantitative estimate of drug-likeness (QED) is 0.317. The Kier molecular flexibility index (Phi) is 8.00. The molecule has 0 saturated carbocycles. The van der Waals surface area contributed by atoms with Crippen LogP contribution in [-0.4, -0.2) is 83.8 Å². The molecule has 12 heteroatoms. The SMILES string of the molecule is C=CS(=O)(=O)[C@@H]1CCCN(Cc2ccnc(C(=O)Nc3ccc(-c4cc5c(N6CCOCC6)ncnc5[nH]4)cc3)c2)C1. The van der Waals surface area contributed by atoms with Crippen LogP contribution >= 0.6 is 0 Å². The van der Waals surface area contributed by atoms with Crippen molar-refractivity contribution < 1.29 is 17.9 Å². The van der Waals surface area contributed by atoms with Crippen molar-refractivity contribution in [2.24, 2.45) is 0 Å². The van der Waals surface area contributed by atoms with E-state index in [-0.39, 0.29) is 5.91 Å². The molecule has 0 bridgehead atoms. The van der Waals surface area contributed by atoms with Crippen molar-refractivity contribution in [3.8, 4) is 11.3 Å². The highest BCUT2D eigenvalue weighted by atomic mass is 32.2. The Labute approximate surface area is 244 Å². The summed E-state index contributed by atoms with van der Waals surface area (Å²) in [6, 6.07) is 13.3. The Morgan fingerprint density at radius 2 is 1.90 bits per heavy atom. The number of likely N-dealkylation sites (tertiary alicyclic amines) is 1. The highest BCUT2D eigenvalue weighted by Gasteiger charge is 2.28. The van der Waals surface area contributed by atoms with Gasteiger partial charge in [-0.3, -0.25) is 14.7 Å². The van der Waals surface area contributed by atoms with E-state index in [1.165, 1.54) is 0 Å². The number of fused-ring (bicyclic) bond motifs is 1. The van der Waals surface area contributed by atoms with Crippen LogP contribution in [0.15, 0.2) is 67.0 Å². The number of nitrogens with zero attached hydrogens (tertiary/aromatic N) is 5. The molecule has 2 saturated heterocycles. The zero-order valence-electron chi connectivity index (χ0n) is 23.2. The molecule has 0 spiro atoms. The third kappa shape index (κ3) is 6.06. The topological polar surface area (TPSA) is 133 Å². The van der Waals surface area contributed by atoms with Crippen molar-refractivity contribution >= 4 is 38.3 Å². The van der Waals surface area contributed by atoms with E-state index in [0.29, 0.717) is 44.1 Å². The summed E-state index contributed by atoms with van der Waals surface area (Å²) in [7, 11) is -3.31. The van der Waals surface area contributed by atoms with Crippen LogP contribution in [0.1, 0.15) is 28.9 Å². The van der Waals surface area contributed by atoms with Crippen LogP contribution in [0, 0.1) is 0 Å². The number of hydrogen-bond acceptors (Lipinski definition) is 9. The van der Waals surface area contributed by atoms with E-state index in [1.54, 1.807) is 18.6 Å². The molecule has 2 aliphatic heterocycles. The Morgan fingerprint density at radius 1 is 1.10 bits per heavy atom. The van der Waals surface area contributed by atoms with Crippen LogP contribution in [0.3, 0.4) is 0 Å². The maximum Gasteiger partial charge on any atom is 0.274 e. The van der Waals surface area contributed by atoms with Crippen molar-refractivity contribution in [2.45, 2.75) is 24.6 Å².